The van der Waals surface area contributed by atoms with Crippen molar-refractivity contribution in [1.82, 2.24) is 0 Å². The first-order valence-electron chi connectivity index (χ1n) is 7.75. The van der Waals surface area contributed by atoms with E-state index in [4.69, 9.17) is 0 Å². The maximum absolute atomic E-state index is 2.44. The largest absolute Gasteiger partial charge is 0.360 e. The predicted molar refractivity (Wildman–Crippen MR) is 92.2 cm³/mol. The van der Waals surface area contributed by atoms with E-state index < -0.39 is 0 Å². The Labute approximate surface area is 131 Å². The fourth-order valence-corrected chi connectivity index (χ4v) is 3.77. The number of likely N-dealkylation sites (N-methyl/N-ethyl adjacent to an activating group) is 1. The van der Waals surface area contributed by atoms with Crippen molar-refractivity contribution < 1.29 is 0 Å². The third kappa shape index (κ3) is 1.79. The Hall–Kier alpha value is -2.54. The molecule has 0 aliphatic carbocycles. The molecule has 1 aliphatic rings. The molecule has 0 radical (unpaired) electrons. The van der Waals surface area contributed by atoms with Crippen molar-refractivity contribution in [3.63, 3.8) is 0 Å². The van der Waals surface area contributed by atoms with Crippen molar-refractivity contribution in [3.05, 3.63) is 102 Å². The molecule has 0 amide bonds. The van der Waals surface area contributed by atoms with Crippen LogP contribution in [-0.4, -0.2) is 7.05 Å². The van der Waals surface area contributed by atoms with Crippen LogP contribution in [0.3, 0.4) is 0 Å². The summed E-state index contributed by atoms with van der Waals surface area (Å²) in [7, 11) is 2.21. The van der Waals surface area contributed by atoms with Crippen molar-refractivity contribution in [2.75, 3.05) is 11.9 Å². The van der Waals surface area contributed by atoms with Gasteiger partial charge in [-0.15, -0.1) is 0 Å². The van der Waals surface area contributed by atoms with Crippen LogP contribution in [0.5, 0.6) is 0 Å². The maximum Gasteiger partial charge on any atom is 0.0944 e. The van der Waals surface area contributed by atoms with Gasteiger partial charge in [0.15, 0.2) is 0 Å². The van der Waals surface area contributed by atoms with Gasteiger partial charge in [0.1, 0.15) is 0 Å². The summed E-state index contributed by atoms with van der Waals surface area (Å²) in [4.78, 5) is 2.44. The Kier molecular flexibility index (Phi) is 3.00. The molecule has 0 fully saturated rings. The van der Waals surface area contributed by atoms with Crippen LogP contribution in [0.4, 0.5) is 5.69 Å². The van der Waals surface area contributed by atoms with E-state index in [1.165, 1.54) is 22.4 Å². The van der Waals surface area contributed by atoms with Gasteiger partial charge in [-0.1, -0.05) is 78.9 Å². The van der Waals surface area contributed by atoms with Crippen molar-refractivity contribution >= 4 is 5.69 Å². The lowest BCUT2D eigenvalue weighted by molar-refractivity contribution is 0.534. The summed E-state index contributed by atoms with van der Waals surface area (Å²) in [5.41, 5.74) is 5.32. The highest BCUT2D eigenvalue weighted by atomic mass is 15.2. The molecule has 0 N–H and O–H groups in total. The summed E-state index contributed by atoms with van der Waals surface area (Å²) in [6.45, 7) is 0. The van der Waals surface area contributed by atoms with Gasteiger partial charge >= 0.3 is 0 Å². The van der Waals surface area contributed by atoms with E-state index in [9.17, 15) is 0 Å². The summed E-state index contributed by atoms with van der Waals surface area (Å²) in [5.74, 6) is 0. The average molecular weight is 285 g/mol. The summed E-state index contributed by atoms with van der Waals surface area (Å²) >= 11 is 0. The van der Waals surface area contributed by atoms with Crippen LogP contribution in [0.1, 0.15) is 16.7 Å². The Morgan fingerprint density at radius 2 is 1.18 bits per heavy atom. The molecule has 0 bridgehead atoms. The number of fused-ring (bicyclic) bond motifs is 1. The monoisotopic (exact) mass is 285 g/mol. The SMILES string of the molecule is CN1c2ccccc2CC1(c1ccccc1)c1ccccc1. The molecule has 1 nitrogen and oxygen atoms in total. The standard InChI is InChI=1S/C21H19N/c1-22-20-15-9-8-10-17(20)16-21(22,18-11-4-2-5-12-18)19-13-6-3-7-14-19/h2-15H,16H2,1H3. The zero-order valence-electron chi connectivity index (χ0n) is 12.7. The number of benzene rings is 3. The first-order valence-corrected chi connectivity index (χ1v) is 7.75. The van der Waals surface area contributed by atoms with Gasteiger partial charge in [-0.25, -0.2) is 0 Å². The summed E-state index contributed by atoms with van der Waals surface area (Å²) in [5, 5.41) is 0. The van der Waals surface area contributed by atoms with Crippen LogP contribution >= 0.6 is 0 Å². The van der Waals surface area contributed by atoms with Crippen molar-refractivity contribution in [2.24, 2.45) is 0 Å². The molecule has 1 heterocycles. The third-order valence-corrected chi connectivity index (χ3v) is 4.87. The molecule has 0 saturated heterocycles. The topological polar surface area (TPSA) is 3.24 Å². The lowest BCUT2D eigenvalue weighted by Crippen LogP contribution is -2.42. The fourth-order valence-electron chi connectivity index (χ4n) is 3.77. The lowest BCUT2D eigenvalue weighted by Gasteiger charge is -2.39. The highest BCUT2D eigenvalue weighted by molar-refractivity contribution is 5.66. The molecule has 0 aromatic heterocycles. The Morgan fingerprint density at radius 1 is 0.682 bits per heavy atom. The summed E-state index contributed by atoms with van der Waals surface area (Å²) < 4.78 is 0. The molecule has 108 valence electrons. The number of para-hydroxylation sites is 1. The number of hydrogen-bond acceptors (Lipinski definition) is 1. The normalized spacial score (nSPS) is 15.6. The summed E-state index contributed by atoms with van der Waals surface area (Å²) in [6, 6.07) is 30.4. The van der Waals surface area contributed by atoms with Crippen molar-refractivity contribution in [2.45, 2.75) is 12.0 Å². The first-order chi connectivity index (χ1) is 10.8. The molecule has 1 aliphatic heterocycles. The van der Waals surface area contributed by atoms with Gasteiger partial charge in [-0.3, -0.25) is 0 Å². The lowest BCUT2D eigenvalue weighted by atomic mass is 9.80. The van der Waals surface area contributed by atoms with Crippen LogP contribution in [-0.2, 0) is 12.0 Å². The van der Waals surface area contributed by atoms with Crippen molar-refractivity contribution in [3.8, 4) is 0 Å². The molecule has 0 saturated carbocycles. The van der Waals surface area contributed by atoms with Crippen LogP contribution in [0.25, 0.3) is 0 Å². The maximum atomic E-state index is 2.44. The first kappa shape index (κ1) is 13.1. The molecule has 4 rings (SSSR count). The van der Waals surface area contributed by atoms with Crippen LogP contribution in [0.15, 0.2) is 84.9 Å². The zero-order chi connectivity index (χ0) is 15.0. The quantitative estimate of drug-likeness (QED) is 0.664. The minimum atomic E-state index is -0.119. The minimum Gasteiger partial charge on any atom is -0.360 e. The smallest absolute Gasteiger partial charge is 0.0944 e. The predicted octanol–water partition coefficient (Wildman–Crippen LogP) is 4.62. The molecule has 3 aromatic carbocycles. The molecule has 0 unspecified atom stereocenters. The third-order valence-electron chi connectivity index (χ3n) is 4.87. The van der Waals surface area contributed by atoms with E-state index in [1.807, 2.05) is 0 Å². The molecule has 1 heteroatoms. The molecule has 0 atom stereocenters. The van der Waals surface area contributed by atoms with Gasteiger partial charge in [-0.05, 0) is 22.8 Å². The Balaban J connectivity index is 1.97. The van der Waals surface area contributed by atoms with E-state index in [0.717, 1.165) is 6.42 Å². The second kappa shape index (κ2) is 5.03. The van der Waals surface area contributed by atoms with Gasteiger partial charge in [0.25, 0.3) is 0 Å². The van der Waals surface area contributed by atoms with E-state index in [0.29, 0.717) is 0 Å². The van der Waals surface area contributed by atoms with Crippen LogP contribution in [0.2, 0.25) is 0 Å². The van der Waals surface area contributed by atoms with Gasteiger partial charge in [-0.2, -0.15) is 0 Å². The molecular weight excluding hydrogens is 266 g/mol. The van der Waals surface area contributed by atoms with Gasteiger partial charge in [0, 0.05) is 19.2 Å². The van der Waals surface area contributed by atoms with Gasteiger partial charge in [0.2, 0.25) is 0 Å². The summed E-state index contributed by atoms with van der Waals surface area (Å²) in [6.07, 6.45) is 1.01. The Morgan fingerprint density at radius 3 is 1.73 bits per heavy atom. The minimum absolute atomic E-state index is 0.119. The molecule has 0 spiro atoms. The Bertz CT molecular complexity index is 738. The van der Waals surface area contributed by atoms with E-state index in [1.54, 1.807) is 0 Å². The van der Waals surface area contributed by atoms with Gasteiger partial charge < -0.3 is 4.90 Å². The average Bonchev–Trinajstić information content (AvgIpc) is 2.91. The number of hydrogen-bond donors (Lipinski definition) is 0. The van der Waals surface area contributed by atoms with E-state index >= 15 is 0 Å². The van der Waals surface area contributed by atoms with E-state index in [-0.39, 0.29) is 5.54 Å². The molecular formula is C21H19N. The van der Waals surface area contributed by atoms with Gasteiger partial charge in [0.05, 0.1) is 5.54 Å². The van der Waals surface area contributed by atoms with Crippen LogP contribution in [0, 0.1) is 0 Å². The molecule has 3 aromatic rings. The highest BCUT2D eigenvalue weighted by Crippen LogP contribution is 2.47. The van der Waals surface area contributed by atoms with Crippen LogP contribution < -0.4 is 4.90 Å². The molecule has 22 heavy (non-hydrogen) atoms. The fraction of sp³-hybridized carbons (Fsp3) is 0.143. The van der Waals surface area contributed by atoms with Crippen molar-refractivity contribution in [1.29, 1.82) is 0 Å². The number of nitrogens with zero attached hydrogens (tertiary/aromatic N) is 1. The van der Waals surface area contributed by atoms with E-state index in [2.05, 4.69) is 96.9 Å². The zero-order valence-corrected chi connectivity index (χ0v) is 12.7. The second-order valence-electron chi connectivity index (χ2n) is 5.96. The number of anilines is 1. The number of rotatable bonds is 2. The highest BCUT2D eigenvalue weighted by Gasteiger charge is 2.44. The second-order valence-corrected chi connectivity index (χ2v) is 5.96.